The summed E-state index contributed by atoms with van der Waals surface area (Å²) in [6.45, 7) is 1.55. The fourth-order valence-corrected chi connectivity index (χ4v) is 1.39. The lowest BCUT2D eigenvalue weighted by atomic mass is 10.1. The van der Waals surface area contributed by atoms with Crippen molar-refractivity contribution in [1.82, 2.24) is 0 Å². The number of aryl methyl sites for hydroxylation is 1. The van der Waals surface area contributed by atoms with Crippen molar-refractivity contribution in [3.05, 3.63) is 23.3 Å². The van der Waals surface area contributed by atoms with Crippen LogP contribution in [0.3, 0.4) is 0 Å². The third kappa shape index (κ3) is 2.69. The average molecular weight is 248 g/mol. The topological polar surface area (TPSA) is 35.5 Å². The number of Topliss-reactive ketones (excluding diaryl/α,β-unsaturated/α-hetero) is 1. The summed E-state index contributed by atoms with van der Waals surface area (Å²) in [7, 11) is 2.57. The molecule has 1 aromatic rings. The van der Waals surface area contributed by atoms with Gasteiger partial charge in [0.25, 0.3) is 5.78 Å². The number of rotatable bonds is 3. The van der Waals surface area contributed by atoms with Gasteiger partial charge in [0.15, 0.2) is 0 Å². The highest BCUT2D eigenvalue weighted by atomic mass is 19.4. The molecule has 1 aromatic carbocycles. The third-order valence-corrected chi connectivity index (χ3v) is 2.22. The van der Waals surface area contributed by atoms with Crippen LogP contribution >= 0.6 is 0 Å². The van der Waals surface area contributed by atoms with Gasteiger partial charge in [-0.05, 0) is 18.6 Å². The van der Waals surface area contributed by atoms with Gasteiger partial charge in [0.1, 0.15) is 11.5 Å². The summed E-state index contributed by atoms with van der Waals surface area (Å²) in [5, 5.41) is 0. The zero-order valence-corrected chi connectivity index (χ0v) is 9.51. The highest BCUT2D eigenvalue weighted by Crippen LogP contribution is 2.32. The van der Waals surface area contributed by atoms with Crippen molar-refractivity contribution in [2.24, 2.45) is 0 Å². The Morgan fingerprint density at radius 2 is 1.65 bits per heavy atom. The van der Waals surface area contributed by atoms with Gasteiger partial charge in [-0.3, -0.25) is 4.79 Å². The number of hydrogen-bond acceptors (Lipinski definition) is 3. The largest absolute Gasteiger partial charge is 0.496 e. The van der Waals surface area contributed by atoms with Crippen LogP contribution in [0.4, 0.5) is 13.2 Å². The van der Waals surface area contributed by atoms with Crippen LogP contribution in [0.1, 0.15) is 15.9 Å². The maximum atomic E-state index is 12.3. The molecule has 0 N–H and O–H groups in total. The normalized spacial score (nSPS) is 11.2. The molecular formula is C11H11F3O3. The summed E-state index contributed by atoms with van der Waals surface area (Å²) < 4.78 is 46.7. The second kappa shape index (κ2) is 4.65. The number of methoxy groups -OCH3 is 2. The van der Waals surface area contributed by atoms with Crippen LogP contribution in [0, 0.1) is 6.92 Å². The Bertz CT molecular complexity index is 438. The molecule has 0 bridgehead atoms. The SMILES string of the molecule is COc1cc(OC)c(C(=O)C(F)(F)F)cc1C. The molecule has 0 unspecified atom stereocenters. The molecule has 0 saturated carbocycles. The standard InChI is InChI=1S/C11H11F3O3/c1-6-4-7(10(15)11(12,13)14)9(17-3)5-8(6)16-2/h4-5H,1-3H3. The first-order valence-corrected chi connectivity index (χ1v) is 4.65. The molecule has 0 aliphatic carbocycles. The fourth-order valence-electron chi connectivity index (χ4n) is 1.39. The van der Waals surface area contributed by atoms with E-state index >= 15 is 0 Å². The highest BCUT2D eigenvalue weighted by Gasteiger charge is 2.41. The first-order chi connectivity index (χ1) is 7.81. The molecule has 1 rings (SSSR count). The molecule has 0 spiro atoms. The van der Waals surface area contributed by atoms with Crippen molar-refractivity contribution in [2.45, 2.75) is 13.1 Å². The van der Waals surface area contributed by atoms with E-state index in [-0.39, 0.29) is 5.75 Å². The molecule has 0 amide bonds. The van der Waals surface area contributed by atoms with E-state index in [0.29, 0.717) is 11.3 Å². The van der Waals surface area contributed by atoms with Gasteiger partial charge in [-0.2, -0.15) is 13.2 Å². The van der Waals surface area contributed by atoms with Crippen molar-refractivity contribution >= 4 is 5.78 Å². The van der Waals surface area contributed by atoms with Crippen LogP contribution in [-0.4, -0.2) is 26.2 Å². The van der Waals surface area contributed by atoms with Crippen LogP contribution in [0.15, 0.2) is 12.1 Å². The number of halogens is 3. The van der Waals surface area contributed by atoms with Gasteiger partial charge >= 0.3 is 6.18 Å². The smallest absolute Gasteiger partial charge is 0.455 e. The maximum Gasteiger partial charge on any atom is 0.455 e. The summed E-state index contributed by atoms with van der Waals surface area (Å²) in [5.41, 5.74) is -0.0841. The molecule has 0 saturated heterocycles. The van der Waals surface area contributed by atoms with Gasteiger partial charge in [-0.1, -0.05) is 0 Å². The number of carbonyl (C=O) groups excluding carboxylic acids is 1. The molecule has 94 valence electrons. The Morgan fingerprint density at radius 3 is 2.06 bits per heavy atom. The number of hydrogen-bond donors (Lipinski definition) is 0. The first-order valence-electron chi connectivity index (χ1n) is 4.65. The zero-order chi connectivity index (χ0) is 13.2. The molecule has 0 heterocycles. The Kier molecular flexibility index (Phi) is 3.65. The molecule has 0 fully saturated rings. The summed E-state index contributed by atoms with van der Waals surface area (Å²) >= 11 is 0. The third-order valence-electron chi connectivity index (χ3n) is 2.22. The van der Waals surface area contributed by atoms with E-state index in [1.165, 1.54) is 20.3 Å². The van der Waals surface area contributed by atoms with Gasteiger partial charge in [0.2, 0.25) is 0 Å². The molecule has 0 aliphatic heterocycles. The molecule has 6 heteroatoms. The second-order valence-electron chi connectivity index (χ2n) is 3.35. The van der Waals surface area contributed by atoms with E-state index in [9.17, 15) is 18.0 Å². The Labute approximate surface area is 96.1 Å². The average Bonchev–Trinajstić information content (AvgIpc) is 2.26. The van der Waals surface area contributed by atoms with E-state index in [1.54, 1.807) is 6.92 Å². The van der Waals surface area contributed by atoms with Gasteiger partial charge in [0.05, 0.1) is 19.8 Å². The minimum Gasteiger partial charge on any atom is -0.496 e. The fraction of sp³-hybridized carbons (Fsp3) is 0.364. The Hall–Kier alpha value is -1.72. The van der Waals surface area contributed by atoms with Crippen molar-refractivity contribution in [1.29, 1.82) is 0 Å². The Morgan fingerprint density at radius 1 is 1.12 bits per heavy atom. The van der Waals surface area contributed by atoms with E-state index in [4.69, 9.17) is 9.47 Å². The molecule has 0 atom stereocenters. The Balaban J connectivity index is 3.34. The number of carbonyl (C=O) groups is 1. The van der Waals surface area contributed by atoms with Gasteiger partial charge in [-0.25, -0.2) is 0 Å². The lowest BCUT2D eigenvalue weighted by Gasteiger charge is -2.13. The van der Waals surface area contributed by atoms with Crippen molar-refractivity contribution in [3.8, 4) is 11.5 Å². The summed E-state index contributed by atoms with van der Waals surface area (Å²) in [6, 6.07) is 2.36. The minimum absolute atomic E-state index is 0.158. The van der Waals surface area contributed by atoms with E-state index in [0.717, 1.165) is 6.07 Å². The van der Waals surface area contributed by atoms with Crippen molar-refractivity contribution < 1.29 is 27.4 Å². The van der Waals surface area contributed by atoms with Gasteiger partial charge < -0.3 is 9.47 Å². The summed E-state index contributed by atoms with van der Waals surface area (Å²) in [6.07, 6.45) is -4.92. The number of ketones is 1. The van der Waals surface area contributed by atoms with E-state index in [1.807, 2.05) is 0 Å². The number of benzene rings is 1. The molecule has 3 nitrogen and oxygen atoms in total. The predicted octanol–water partition coefficient (Wildman–Crippen LogP) is 2.76. The van der Waals surface area contributed by atoms with Crippen molar-refractivity contribution in [3.63, 3.8) is 0 Å². The summed E-state index contributed by atoms with van der Waals surface area (Å²) in [4.78, 5) is 11.2. The van der Waals surface area contributed by atoms with Crippen LogP contribution in [0.2, 0.25) is 0 Å². The quantitative estimate of drug-likeness (QED) is 0.771. The predicted molar refractivity (Wildman–Crippen MR) is 54.7 cm³/mol. The van der Waals surface area contributed by atoms with Crippen LogP contribution in [-0.2, 0) is 0 Å². The lowest BCUT2D eigenvalue weighted by molar-refractivity contribution is -0.0886. The zero-order valence-electron chi connectivity index (χ0n) is 9.51. The van der Waals surface area contributed by atoms with Crippen LogP contribution in [0.5, 0.6) is 11.5 Å². The van der Waals surface area contributed by atoms with Crippen LogP contribution < -0.4 is 9.47 Å². The molecule has 0 aromatic heterocycles. The number of alkyl halides is 3. The lowest BCUT2D eigenvalue weighted by Crippen LogP contribution is -2.23. The van der Waals surface area contributed by atoms with E-state index < -0.39 is 17.5 Å². The molecular weight excluding hydrogens is 237 g/mol. The van der Waals surface area contributed by atoms with Crippen molar-refractivity contribution in [2.75, 3.05) is 14.2 Å². The highest BCUT2D eigenvalue weighted by molar-refractivity contribution is 6.02. The van der Waals surface area contributed by atoms with E-state index in [2.05, 4.69) is 0 Å². The monoisotopic (exact) mass is 248 g/mol. The second-order valence-corrected chi connectivity index (χ2v) is 3.35. The van der Waals surface area contributed by atoms with Gasteiger partial charge in [0, 0.05) is 6.07 Å². The molecule has 0 radical (unpaired) electrons. The maximum absolute atomic E-state index is 12.3. The summed E-state index contributed by atoms with van der Waals surface area (Å²) in [5.74, 6) is -1.73. The number of ether oxygens (including phenoxy) is 2. The molecule has 0 aliphatic rings. The van der Waals surface area contributed by atoms with Crippen LogP contribution in [0.25, 0.3) is 0 Å². The first kappa shape index (κ1) is 13.3. The molecule has 17 heavy (non-hydrogen) atoms. The van der Waals surface area contributed by atoms with Gasteiger partial charge in [-0.15, -0.1) is 0 Å². The minimum atomic E-state index is -4.92.